The van der Waals surface area contributed by atoms with Crippen molar-refractivity contribution in [3.05, 3.63) is 0 Å². The van der Waals surface area contributed by atoms with Crippen LogP contribution >= 0.6 is 24.8 Å². The largest absolute Gasteiger partial charge is 0.412 e. The van der Waals surface area contributed by atoms with Gasteiger partial charge in [0.25, 0.3) is 0 Å². The van der Waals surface area contributed by atoms with Crippen molar-refractivity contribution in [2.24, 2.45) is 0 Å². The molecule has 0 saturated carbocycles. The highest BCUT2D eigenvalue weighted by atomic mass is 35.5. The molecule has 0 aromatic carbocycles. The lowest BCUT2D eigenvalue weighted by Gasteiger charge is -2.08. The van der Waals surface area contributed by atoms with E-state index < -0.39 is 0 Å². The van der Waals surface area contributed by atoms with Crippen molar-refractivity contribution in [2.75, 3.05) is 13.1 Å². The van der Waals surface area contributed by atoms with Gasteiger partial charge in [-0.15, -0.1) is 24.8 Å². The van der Waals surface area contributed by atoms with Gasteiger partial charge in [0, 0.05) is 0 Å². The molecular weight excluding hydrogens is 177 g/mol. The lowest BCUT2D eigenvalue weighted by Crippen LogP contribution is -2.21. The van der Waals surface area contributed by atoms with E-state index in [1.807, 2.05) is 0 Å². The van der Waals surface area contributed by atoms with Crippen LogP contribution in [0.15, 0.2) is 0 Å². The van der Waals surface area contributed by atoms with Crippen LogP contribution in [0.25, 0.3) is 0 Å². The Hall–Kier alpha value is 0.460. The molecule has 0 bridgehead atoms. The molecule has 1 fully saturated rings. The van der Waals surface area contributed by atoms with Gasteiger partial charge in [-0.25, -0.2) is 0 Å². The van der Waals surface area contributed by atoms with Crippen LogP contribution in [0.1, 0.15) is 19.3 Å². The molecule has 0 spiro atoms. The lowest BCUT2D eigenvalue weighted by atomic mass is 10.2. The molecule has 10 heavy (non-hydrogen) atoms. The average molecular weight is 194 g/mol. The van der Waals surface area contributed by atoms with Crippen LogP contribution in [0.3, 0.4) is 0 Å². The fourth-order valence-electron chi connectivity index (χ4n) is 0.802. The van der Waals surface area contributed by atoms with Crippen LogP contribution in [0.4, 0.5) is 0 Å². The maximum atomic E-state index is 3.28. The van der Waals surface area contributed by atoms with Crippen molar-refractivity contribution < 1.29 is 11.0 Å². The van der Waals surface area contributed by atoms with Crippen molar-refractivity contribution in [3.63, 3.8) is 0 Å². The van der Waals surface area contributed by atoms with Crippen LogP contribution in [0.5, 0.6) is 0 Å². The van der Waals surface area contributed by atoms with E-state index in [1.54, 1.807) is 0 Å². The quantitative estimate of drug-likeness (QED) is 0.576. The summed E-state index contributed by atoms with van der Waals surface area (Å²) < 4.78 is 0. The first-order chi connectivity index (χ1) is 3.00. The third-order valence-electron chi connectivity index (χ3n) is 1.21. The van der Waals surface area contributed by atoms with Crippen LogP contribution in [-0.4, -0.2) is 24.0 Å². The summed E-state index contributed by atoms with van der Waals surface area (Å²) >= 11 is 0. The van der Waals surface area contributed by atoms with E-state index >= 15 is 0 Å². The second-order valence-electron chi connectivity index (χ2n) is 1.81. The number of rotatable bonds is 0. The Labute approximate surface area is 74.0 Å². The van der Waals surface area contributed by atoms with Gasteiger partial charge in [-0.1, -0.05) is 6.42 Å². The second kappa shape index (κ2) is 16.2. The third kappa shape index (κ3) is 11.3. The van der Waals surface area contributed by atoms with E-state index in [0.29, 0.717) is 0 Å². The maximum absolute atomic E-state index is 3.28. The SMILES string of the molecule is C1CCNCC1.Cl.Cl.O.O. The standard InChI is InChI=1S/C5H11N.2ClH.2H2O/c1-2-4-6-5-3-1;;;;/h6H,1-5H2;2*1H;2*1H2. The Morgan fingerprint density at radius 2 is 1.10 bits per heavy atom. The molecular formula is C5H17Cl2NO2. The summed E-state index contributed by atoms with van der Waals surface area (Å²) in [5.41, 5.74) is 0. The molecule has 0 aromatic heterocycles. The molecule has 1 heterocycles. The van der Waals surface area contributed by atoms with Crippen LogP contribution in [0.2, 0.25) is 0 Å². The van der Waals surface area contributed by atoms with Gasteiger partial charge < -0.3 is 16.3 Å². The normalized spacial score (nSPS) is 14.4. The molecule has 3 nitrogen and oxygen atoms in total. The topological polar surface area (TPSA) is 75.0 Å². The highest BCUT2D eigenvalue weighted by Gasteiger charge is 1.93. The second-order valence-corrected chi connectivity index (χ2v) is 1.81. The highest BCUT2D eigenvalue weighted by molar-refractivity contribution is 5.85. The summed E-state index contributed by atoms with van der Waals surface area (Å²) in [6, 6.07) is 0. The number of piperidine rings is 1. The molecule has 0 amide bonds. The molecule has 1 aliphatic heterocycles. The van der Waals surface area contributed by atoms with Gasteiger partial charge in [-0.3, -0.25) is 0 Å². The van der Waals surface area contributed by atoms with Crippen LogP contribution < -0.4 is 5.32 Å². The third-order valence-corrected chi connectivity index (χ3v) is 1.21. The maximum Gasteiger partial charge on any atom is -0.00489 e. The van der Waals surface area contributed by atoms with E-state index in [2.05, 4.69) is 5.32 Å². The molecule has 1 aliphatic rings. The van der Waals surface area contributed by atoms with Gasteiger partial charge in [-0.2, -0.15) is 0 Å². The van der Waals surface area contributed by atoms with Gasteiger partial charge in [0.1, 0.15) is 0 Å². The van der Waals surface area contributed by atoms with E-state index in [-0.39, 0.29) is 35.8 Å². The Morgan fingerprint density at radius 3 is 1.20 bits per heavy atom. The van der Waals surface area contributed by atoms with E-state index in [0.717, 1.165) is 0 Å². The van der Waals surface area contributed by atoms with Gasteiger partial charge in [0.2, 0.25) is 0 Å². The summed E-state index contributed by atoms with van der Waals surface area (Å²) in [5, 5.41) is 3.28. The van der Waals surface area contributed by atoms with Crippen LogP contribution in [0, 0.1) is 0 Å². The summed E-state index contributed by atoms with van der Waals surface area (Å²) in [4.78, 5) is 0. The Bertz CT molecular complexity index is 33.1. The van der Waals surface area contributed by atoms with Gasteiger partial charge in [-0.05, 0) is 25.9 Å². The zero-order valence-electron chi connectivity index (χ0n) is 5.85. The average Bonchev–Trinajstić information content (AvgIpc) is 1.72. The molecule has 0 unspecified atom stereocenters. The highest BCUT2D eigenvalue weighted by Crippen LogP contribution is 1.96. The smallest absolute Gasteiger partial charge is 0.00489 e. The van der Waals surface area contributed by atoms with Crippen molar-refractivity contribution >= 4 is 24.8 Å². The number of hydrogen-bond acceptors (Lipinski definition) is 1. The molecule has 0 aliphatic carbocycles. The van der Waals surface area contributed by atoms with Gasteiger partial charge >= 0.3 is 0 Å². The van der Waals surface area contributed by atoms with Crippen molar-refractivity contribution in [3.8, 4) is 0 Å². The minimum Gasteiger partial charge on any atom is -0.412 e. The predicted octanol–water partition coefficient (Wildman–Crippen LogP) is -0.0459. The predicted molar refractivity (Wildman–Crippen MR) is 48.4 cm³/mol. The summed E-state index contributed by atoms with van der Waals surface area (Å²) in [7, 11) is 0. The van der Waals surface area contributed by atoms with E-state index in [9.17, 15) is 0 Å². The Balaban J connectivity index is -0.0000000450. The van der Waals surface area contributed by atoms with Crippen molar-refractivity contribution in [1.29, 1.82) is 0 Å². The first-order valence-electron chi connectivity index (χ1n) is 2.71. The van der Waals surface area contributed by atoms with E-state index in [1.165, 1.54) is 32.4 Å². The zero-order valence-corrected chi connectivity index (χ0v) is 7.49. The van der Waals surface area contributed by atoms with Gasteiger partial charge in [0.15, 0.2) is 0 Å². The fraction of sp³-hybridized carbons (Fsp3) is 1.00. The molecule has 0 radical (unpaired) electrons. The minimum atomic E-state index is 0. The van der Waals surface area contributed by atoms with E-state index in [4.69, 9.17) is 0 Å². The molecule has 5 N–H and O–H groups in total. The molecule has 5 heteroatoms. The van der Waals surface area contributed by atoms with Gasteiger partial charge in [0.05, 0.1) is 0 Å². The summed E-state index contributed by atoms with van der Waals surface area (Å²) in [5.74, 6) is 0. The number of hydrogen-bond donors (Lipinski definition) is 1. The first-order valence-corrected chi connectivity index (χ1v) is 2.71. The fourth-order valence-corrected chi connectivity index (χ4v) is 0.802. The zero-order chi connectivity index (χ0) is 4.24. The Morgan fingerprint density at radius 1 is 0.700 bits per heavy atom. The number of nitrogens with one attached hydrogen (secondary N) is 1. The summed E-state index contributed by atoms with van der Waals surface area (Å²) in [6.45, 7) is 2.50. The van der Waals surface area contributed by atoms with Crippen LogP contribution in [-0.2, 0) is 0 Å². The Kier molecular flexibility index (Phi) is 36.4. The van der Waals surface area contributed by atoms with Crippen molar-refractivity contribution in [2.45, 2.75) is 19.3 Å². The lowest BCUT2D eigenvalue weighted by molar-refractivity contribution is 0.520. The molecule has 0 aromatic rings. The van der Waals surface area contributed by atoms with Crippen molar-refractivity contribution in [1.82, 2.24) is 5.32 Å². The summed E-state index contributed by atoms with van der Waals surface area (Å²) in [6.07, 6.45) is 4.22. The number of halogens is 2. The minimum absolute atomic E-state index is 0. The molecule has 68 valence electrons. The molecule has 1 saturated heterocycles. The first kappa shape index (κ1) is 22.4. The molecule has 0 atom stereocenters. The monoisotopic (exact) mass is 193 g/mol. The molecule has 1 rings (SSSR count).